The van der Waals surface area contributed by atoms with Gasteiger partial charge in [-0.05, 0) is 25.0 Å². The average molecular weight is 206 g/mol. The standard InChI is InChI=1S/C13H22N2/c1-4-10-15(11-5-2)13-9-7-6-8-12(13)14-3/h6-9,14H,4-5,10-11H2,1-3H3. The Kier molecular flexibility index (Phi) is 5.02. The maximum Gasteiger partial charge on any atom is 0.0601 e. The molecule has 0 bridgehead atoms. The van der Waals surface area contributed by atoms with Gasteiger partial charge in [0.05, 0.1) is 11.4 Å². The molecular formula is C13H22N2. The first-order valence-corrected chi connectivity index (χ1v) is 5.85. The predicted molar refractivity (Wildman–Crippen MR) is 68.8 cm³/mol. The quantitative estimate of drug-likeness (QED) is 0.768. The van der Waals surface area contributed by atoms with Gasteiger partial charge in [0.1, 0.15) is 0 Å². The summed E-state index contributed by atoms with van der Waals surface area (Å²) in [4.78, 5) is 2.45. The van der Waals surface area contributed by atoms with Gasteiger partial charge in [-0.2, -0.15) is 0 Å². The number of nitrogens with one attached hydrogen (secondary N) is 1. The fourth-order valence-electron chi connectivity index (χ4n) is 1.85. The van der Waals surface area contributed by atoms with Crippen LogP contribution in [-0.4, -0.2) is 20.1 Å². The molecule has 0 aromatic heterocycles. The second kappa shape index (κ2) is 6.33. The second-order valence-electron chi connectivity index (χ2n) is 3.75. The summed E-state index contributed by atoms with van der Waals surface area (Å²) in [6.45, 7) is 6.72. The van der Waals surface area contributed by atoms with Gasteiger partial charge in [-0.15, -0.1) is 0 Å². The lowest BCUT2D eigenvalue weighted by Gasteiger charge is -2.26. The van der Waals surface area contributed by atoms with E-state index in [1.165, 1.54) is 24.2 Å². The molecule has 15 heavy (non-hydrogen) atoms. The van der Waals surface area contributed by atoms with E-state index in [-0.39, 0.29) is 0 Å². The number of hydrogen-bond donors (Lipinski definition) is 1. The largest absolute Gasteiger partial charge is 0.386 e. The molecule has 1 N–H and O–H groups in total. The van der Waals surface area contributed by atoms with Crippen LogP contribution in [0.15, 0.2) is 24.3 Å². The Hall–Kier alpha value is -1.18. The van der Waals surface area contributed by atoms with Crippen molar-refractivity contribution in [3.05, 3.63) is 24.3 Å². The number of rotatable bonds is 6. The zero-order valence-corrected chi connectivity index (χ0v) is 10.1. The Labute approximate surface area is 93.3 Å². The van der Waals surface area contributed by atoms with Crippen molar-refractivity contribution < 1.29 is 0 Å². The van der Waals surface area contributed by atoms with Gasteiger partial charge in [0.25, 0.3) is 0 Å². The summed E-state index contributed by atoms with van der Waals surface area (Å²) < 4.78 is 0. The molecule has 0 saturated carbocycles. The molecule has 0 aliphatic heterocycles. The van der Waals surface area contributed by atoms with E-state index in [2.05, 4.69) is 48.3 Å². The molecule has 0 aliphatic rings. The van der Waals surface area contributed by atoms with E-state index in [1.54, 1.807) is 0 Å². The van der Waals surface area contributed by atoms with Crippen LogP contribution in [0.4, 0.5) is 11.4 Å². The third-order valence-electron chi connectivity index (χ3n) is 2.50. The van der Waals surface area contributed by atoms with Crippen LogP contribution in [-0.2, 0) is 0 Å². The Morgan fingerprint density at radius 1 is 1.07 bits per heavy atom. The zero-order valence-electron chi connectivity index (χ0n) is 10.1. The van der Waals surface area contributed by atoms with Crippen LogP contribution in [0.25, 0.3) is 0 Å². The monoisotopic (exact) mass is 206 g/mol. The van der Waals surface area contributed by atoms with Crippen LogP contribution in [0, 0.1) is 0 Å². The fraction of sp³-hybridized carbons (Fsp3) is 0.538. The number of anilines is 2. The van der Waals surface area contributed by atoms with Gasteiger partial charge in [0.2, 0.25) is 0 Å². The van der Waals surface area contributed by atoms with Gasteiger partial charge in [-0.1, -0.05) is 26.0 Å². The lowest BCUT2D eigenvalue weighted by atomic mass is 10.2. The van der Waals surface area contributed by atoms with E-state index in [1.807, 2.05) is 7.05 Å². The highest BCUT2D eigenvalue weighted by Gasteiger charge is 2.07. The smallest absolute Gasteiger partial charge is 0.0601 e. The highest BCUT2D eigenvalue weighted by molar-refractivity contribution is 5.69. The second-order valence-corrected chi connectivity index (χ2v) is 3.75. The van der Waals surface area contributed by atoms with Crippen molar-refractivity contribution in [2.75, 3.05) is 30.4 Å². The van der Waals surface area contributed by atoms with Gasteiger partial charge in [0.15, 0.2) is 0 Å². The molecule has 84 valence electrons. The molecule has 1 aromatic rings. The first kappa shape index (κ1) is 11.9. The van der Waals surface area contributed by atoms with Crippen molar-refractivity contribution in [2.24, 2.45) is 0 Å². The molecule has 0 spiro atoms. The van der Waals surface area contributed by atoms with Gasteiger partial charge >= 0.3 is 0 Å². The summed E-state index contributed by atoms with van der Waals surface area (Å²) in [5.41, 5.74) is 2.54. The predicted octanol–water partition coefficient (Wildman–Crippen LogP) is 3.35. The lowest BCUT2D eigenvalue weighted by Crippen LogP contribution is -2.25. The minimum Gasteiger partial charge on any atom is -0.386 e. The summed E-state index contributed by atoms with van der Waals surface area (Å²) in [5.74, 6) is 0. The highest BCUT2D eigenvalue weighted by atomic mass is 15.1. The lowest BCUT2D eigenvalue weighted by molar-refractivity contribution is 0.745. The molecular weight excluding hydrogens is 184 g/mol. The minimum atomic E-state index is 1.13. The molecule has 2 nitrogen and oxygen atoms in total. The van der Waals surface area contributed by atoms with Crippen molar-refractivity contribution in [3.63, 3.8) is 0 Å². The van der Waals surface area contributed by atoms with E-state index < -0.39 is 0 Å². The molecule has 0 atom stereocenters. The van der Waals surface area contributed by atoms with Crippen LogP contribution >= 0.6 is 0 Å². The molecule has 0 heterocycles. The summed E-state index contributed by atoms with van der Waals surface area (Å²) >= 11 is 0. The maximum atomic E-state index is 3.25. The third kappa shape index (κ3) is 3.15. The fourth-order valence-corrected chi connectivity index (χ4v) is 1.85. The van der Waals surface area contributed by atoms with E-state index in [0.717, 1.165) is 13.1 Å². The Morgan fingerprint density at radius 3 is 2.20 bits per heavy atom. The molecule has 2 heteroatoms. The SMILES string of the molecule is CCCN(CCC)c1ccccc1NC. The number of nitrogens with zero attached hydrogens (tertiary/aromatic N) is 1. The normalized spacial score (nSPS) is 10.1. The summed E-state index contributed by atoms with van der Waals surface area (Å²) in [7, 11) is 1.98. The molecule has 0 radical (unpaired) electrons. The van der Waals surface area contributed by atoms with Crippen molar-refractivity contribution >= 4 is 11.4 Å². The van der Waals surface area contributed by atoms with Gasteiger partial charge in [-0.3, -0.25) is 0 Å². The third-order valence-corrected chi connectivity index (χ3v) is 2.50. The Balaban J connectivity index is 2.88. The molecule has 1 rings (SSSR count). The molecule has 0 aliphatic carbocycles. The minimum absolute atomic E-state index is 1.13. The van der Waals surface area contributed by atoms with Crippen LogP contribution in [0.5, 0.6) is 0 Å². The Bertz CT molecular complexity index is 278. The van der Waals surface area contributed by atoms with E-state index in [9.17, 15) is 0 Å². The molecule has 0 fully saturated rings. The molecule has 0 amide bonds. The van der Waals surface area contributed by atoms with Crippen LogP contribution in [0.3, 0.4) is 0 Å². The van der Waals surface area contributed by atoms with Crippen LogP contribution < -0.4 is 10.2 Å². The maximum absolute atomic E-state index is 3.25. The van der Waals surface area contributed by atoms with Crippen molar-refractivity contribution in [2.45, 2.75) is 26.7 Å². The summed E-state index contributed by atoms with van der Waals surface area (Å²) in [6.07, 6.45) is 2.39. The number of hydrogen-bond acceptors (Lipinski definition) is 2. The summed E-state index contributed by atoms with van der Waals surface area (Å²) in [6, 6.07) is 8.50. The van der Waals surface area contributed by atoms with Crippen molar-refractivity contribution in [1.29, 1.82) is 0 Å². The molecule has 0 saturated heterocycles. The average Bonchev–Trinajstić information content (AvgIpc) is 2.29. The highest BCUT2D eigenvalue weighted by Crippen LogP contribution is 2.25. The topological polar surface area (TPSA) is 15.3 Å². The zero-order chi connectivity index (χ0) is 11.1. The van der Waals surface area contributed by atoms with E-state index >= 15 is 0 Å². The van der Waals surface area contributed by atoms with Gasteiger partial charge in [0, 0.05) is 20.1 Å². The van der Waals surface area contributed by atoms with E-state index in [4.69, 9.17) is 0 Å². The summed E-state index contributed by atoms with van der Waals surface area (Å²) in [5, 5.41) is 3.25. The number of para-hydroxylation sites is 2. The molecule has 1 aromatic carbocycles. The first-order chi connectivity index (χ1) is 7.33. The Morgan fingerprint density at radius 2 is 1.67 bits per heavy atom. The van der Waals surface area contributed by atoms with Gasteiger partial charge < -0.3 is 10.2 Å². The van der Waals surface area contributed by atoms with E-state index in [0.29, 0.717) is 0 Å². The van der Waals surface area contributed by atoms with Crippen LogP contribution in [0.2, 0.25) is 0 Å². The first-order valence-electron chi connectivity index (χ1n) is 5.85. The molecule has 0 unspecified atom stereocenters. The van der Waals surface area contributed by atoms with Crippen molar-refractivity contribution in [1.82, 2.24) is 0 Å². The van der Waals surface area contributed by atoms with Crippen molar-refractivity contribution in [3.8, 4) is 0 Å². The van der Waals surface area contributed by atoms with Gasteiger partial charge in [-0.25, -0.2) is 0 Å². The number of benzene rings is 1. The van der Waals surface area contributed by atoms with Crippen LogP contribution in [0.1, 0.15) is 26.7 Å².